The Kier molecular flexibility index (Phi) is 4.55. The number of hydrogen-bond acceptors (Lipinski definition) is 5. The van der Waals surface area contributed by atoms with Crippen molar-refractivity contribution in [1.82, 2.24) is 15.1 Å². The van der Waals surface area contributed by atoms with Crippen LogP contribution in [0.5, 0.6) is 0 Å². The molecule has 0 N–H and O–H groups in total. The highest BCUT2D eigenvalue weighted by Gasteiger charge is 2.42. The molecular weight excluding hydrogens is 340 g/mol. The fraction of sp³-hybridized carbons (Fsp3) is 0.0526. The molecule has 2 aromatic carbocycles. The summed E-state index contributed by atoms with van der Waals surface area (Å²) in [6.45, 7) is 0. The summed E-state index contributed by atoms with van der Waals surface area (Å²) in [7, 11) is 0. The molecule has 0 fully saturated rings. The minimum Gasteiger partial charge on any atom is -0.763 e. The summed E-state index contributed by atoms with van der Waals surface area (Å²) in [5.74, 6) is 1.74. The number of nitrogens with zero attached hydrogens (tertiary/aromatic N) is 8. The Morgan fingerprint density at radius 1 is 0.926 bits per heavy atom. The third kappa shape index (κ3) is 2.94. The fourth-order valence-corrected chi connectivity index (χ4v) is 2.39. The number of allylic oxidation sites excluding steroid dienone is 1. The van der Waals surface area contributed by atoms with Crippen LogP contribution in [0.1, 0.15) is 5.82 Å². The molecule has 0 aliphatic carbocycles. The summed E-state index contributed by atoms with van der Waals surface area (Å²) in [6, 6.07) is 22.6. The van der Waals surface area contributed by atoms with E-state index in [9.17, 15) is 21.2 Å². The lowest BCUT2D eigenvalue weighted by molar-refractivity contribution is -0.664. The summed E-state index contributed by atoms with van der Waals surface area (Å²) in [4.78, 5) is 1.27. The summed E-state index contributed by atoms with van der Waals surface area (Å²) in [5.41, 5.74) is -1.50. The van der Waals surface area contributed by atoms with E-state index in [0.717, 1.165) is 0 Å². The van der Waals surface area contributed by atoms with E-state index in [-0.39, 0.29) is 11.4 Å². The van der Waals surface area contributed by atoms with Crippen molar-refractivity contribution < 1.29 is 4.68 Å². The lowest BCUT2D eigenvalue weighted by Gasteiger charge is -2.09. The SMILES string of the molecule is N#CC(C#N)(C#N)C(=C=[N-])c1nn(-c2ccccc2)n[n+]1-c1ccccc1. The Hall–Kier alpha value is -4.57. The second-order valence-corrected chi connectivity index (χ2v) is 5.36. The summed E-state index contributed by atoms with van der Waals surface area (Å²) < 4.78 is 1.33. The summed E-state index contributed by atoms with van der Waals surface area (Å²) in [6.07, 6.45) is 0. The largest absolute Gasteiger partial charge is 0.763 e. The van der Waals surface area contributed by atoms with Crippen LogP contribution in [0.25, 0.3) is 22.4 Å². The second kappa shape index (κ2) is 7.13. The zero-order valence-electron chi connectivity index (χ0n) is 13.9. The molecule has 1 heterocycles. The Labute approximate surface area is 154 Å². The molecular formula is C19H10N8. The van der Waals surface area contributed by atoms with Crippen molar-refractivity contribution in [3.05, 3.63) is 71.9 Å². The third-order valence-electron chi connectivity index (χ3n) is 3.77. The monoisotopic (exact) mass is 350 g/mol. The standard InChI is InChI=1S/C19H10N8/c20-11-17(19(12-21,13-22)14-23)18-24-27(16-9-5-2-6-10-16)25-26(18)15-7-3-1-4-8-15/h1-10H. The van der Waals surface area contributed by atoms with Gasteiger partial charge in [-0.15, -0.1) is 0 Å². The number of rotatable bonds is 4. The number of benzene rings is 2. The molecule has 0 bridgehead atoms. The molecule has 0 aliphatic rings. The zero-order valence-corrected chi connectivity index (χ0v) is 13.9. The van der Waals surface area contributed by atoms with Gasteiger partial charge in [0.25, 0.3) is 5.41 Å². The van der Waals surface area contributed by atoms with Crippen LogP contribution < -0.4 is 4.68 Å². The molecule has 3 aromatic rings. The highest BCUT2D eigenvalue weighted by molar-refractivity contribution is 5.95. The van der Waals surface area contributed by atoms with Gasteiger partial charge in [0.15, 0.2) is 5.69 Å². The Balaban J connectivity index is 2.31. The molecule has 0 amide bonds. The highest BCUT2D eigenvalue weighted by Crippen LogP contribution is 2.29. The van der Waals surface area contributed by atoms with Crippen molar-refractivity contribution in [2.75, 3.05) is 0 Å². The minimum atomic E-state index is -2.29. The van der Waals surface area contributed by atoms with Crippen LogP contribution in [0, 0.1) is 39.4 Å². The normalized spacial score (nSPS) is 10.1. The van der Waals surface area contributed by atoms with Crippen LogP contribution in [-0.4, -0.2) is 21.0 Å². The molecule has 8 heteroatoms. The van der Waals surface area contributed by atoms with Gasteiger partial charge in [-0.25, -0.2) is 0 Å². The molecule has 1 aromatic heterocycles. The van der Waals surface area contributed by atoms with Gasteiger partial charge < -0.3 is 5.41 Å². The van der Waals surface area contributed by atoms with Gasteiger partial charge in [0, 0.05) is 4.80 Å². The Bertz CT molecular complexity index is 1110. The number of aromatic nitrogens is 4. The van der Waals surface area contributed by atoms with Crippen LogP contribution in [0.15, 0.2) is 60.7 Å². The Morgan fingerprint density at radius 2 is 1.48 bits per heavy atom. The van der Waals surface area contributed by atoms with E-state index in [1.165, 1.54) is 9.48 Å². The van der Waals surface area contributed by atoms with E-state index in [1.807, 2.05) is 12.1 Å². The van der Waals surface area contributed by atoms with Gasteiger partial charge in [0.1, 0.15) is 29.5 Å². The lowest BCUT2D eigenvalue weighted by Crippen LogP contribution is -2.39. The van der Waals surface area contributed by atoms with E-state index in [0.29, 0.717) is 11.4 Å². The predicted octanol–water partition coefficient (Wildman–Crippen LogP) is 1.72. The second-order valence-electron chi connectivity index (χ2n) is 5.36. The van der Waals surface area contributed by atoms with Gasteiger partial charge in [-0.05, 0) is 24.3 Å². The van der Waals surface area contributed by atoms with Crippen molar-refractivity contribution in [2.24, 2.45) is 5.41 Å². The van der Waals surface area contributed by atoms with E-state index >= 15 is 0 Å². The first-order valence-electron chi connectivity index (χ1n) is 7.71. The van der Waals surface area contributed by atoms with E-state index < -0.39 is 5.41 Å². The third-order valence-corrected chi connectivity index (χ3v) is 3.77. The first kappa shape index (κ1) is 17.3. The average molecular weight is 350 g/mol. The molecule has 0 aliphatic heterocycles. The van der Waals surface area contributed by atoms with E-state index in [4.69, 9.17) is 0 Å². The smallest absolute Gasteiger partial charge is 0.341 e. The minimum absolute atomic E-state index is 0.0581. The van der Waals surface area contributed by atoms with Crippen molar-refractivity contribution in [3.63, 3.8) is 0 Å². The molecule has 126 valence electrons. The molecule has 0 atom stereocenters. The molecule has 0 radical (unpaired) electrons. The lowest BCUT2D eigenvalue weighted by atomic mass is 9.84. The molecule has 8 nitrogen and oxygen atoms in total. The van der Waals surface area contributed by atoms with Gasteiger partial charge in [0.2, 0.25) is 0 Å². The molecule has 0 saturated carbocycles. The maximum atomic E-state index is 9.63. The zero-order chi connectivity index (χ0) is 19.3. The summed E-state index contributed by atoms with van der Waals surface area (Å²) >= 11 is 0. The van der Waals surface area contributed by atoms with Crippen LogP contribution in [-0.2, 0) is 0 Å². The van der Waals surface area contributed by atoms with E-state index in [2.05, 4.69) is 10.3 Å². The molecule has 0 unspecified atom stereocenters. The van der Waals surface area contributed by atoms with Crippen molar-refractivity contribution in [1.29, 1.82) is 15.8 Å². The first-order chi connectivity index (χ1) is 13.2. The topological polar surface area (TPSA) is 128 Å². The van der Waals surface area contributed by atoms with Crippen LogP contribution in [0.4, 0.5) is 0 Å². The molecule has 0 saturated heterocycles. The van der Waals surface area contributed by atoms with Crippen molar-refractivity contribution >= 4 is 11.4 Å². The van der Waals surface area contributed by atoms with Gasteiger partial charge in [-0.2, -0.15) is 15.8 Å². The van der Waals surface area contributed by atoms with Crippen LogP contribution in [0.2, 0.25) is 0 Å². The maximum Gasteiger partial charge on any atom is 0.341 e. The molecule has 0 spiro atoms. The van der Waals surface area contributed by atoms with E-state index in [1.54, 1.807) is 72.6 Å². The van der Waals surface area contributed by atoms with Crippen LogP contribution >= 0.6 is 0 Å². The number of tetrazole rings is 1. The molecule has 27 heavy (non-hydrogen) atoms. The van der Waals surface area contributed by atoms with Gasteiger partial charge in [-0.3, -0.25) is 5.87 Å². The quantitative estimate of drug-likeness (QED) is 0.522. The number of para-hydroxylation sites is 2. The highest BCUT2D eigenvalue weighted by atomic mass is 15.6. The van der Waals surface area contributed by atoms with Crippen LogP contribution in [0.3, 0.4) is 0 Å². The molecule has 3 rings (SSSR count). The maximum absolute atomic E-state index is 9.63. The Morgan fingerprint density at radius 3 is 2.00 bits per heavy atom. The fourth-order valence-electron chi connectivity index (χ4n) is 2.39. The van der Waals surface area contributed by atoms with Crippen molar-refractivity contribution in [2.45, 2.75) is 0 Å². The van der Waals surface area contributed by atoms with Gasteiger partial charge in [-0.1, -0.05) is 41.1 Å². The van der Waals surface area contributed by atoms with Crippen molar-refractivity contribution in [3.8, 4) is 29.6 Å². The summed E-state index contributed by atoms with van der Waals surface area (Å²) in [5, 5.41) is 46.5. The number of nitriles is 3. The van der Waals surface area contributed by atoms with Gasteiger partial charge >= 0.3 is 5.82 Å². The number of hydrogen-bond donors (Lipinski definition) is 0. The average Bonchev–Trinajstić information content (AvgIpc) is 3.18. The first-order valence-corrected chi connectivity index (χ1v) is 7.71. The predicted molar refractivity (Wildman–Crippen MR) is 93.9 cm³/mol. The van der Waals surface area contributed by atoms with Gasteiger partial charge in [0.05, 0.1) is 10.3 Å².